The van der Waals surface area contributed by atoms with Crippen LogP contribution in [-0.4, -0.2) is 51.3 Å². The fraction of sp³-hybridized carbons (Fsp3) is 0.346. The van der Waals surface area contributed by atoms with E-state index in [1.54, 1.807) is 0 Å². The van der Waals surface area contributed by atoms with Crippen molar-refractivity contribution in [2.24, 2.45) is 5.14 Å². The van der Waals surface area contributed by atoms with Crippen LogP contribution >= 0.6 is 0 Å². The fourth-order valence-corrected chi connectivity index (χ4v) is 4.80. The lowest BCUT2D eigenvalue weighted by atomic mass is 9.90. The second kappa shape index (κ2) is 13.0. The van der Waals surface area contributed by atoms with Crippen LogP contribution in [0.4, 0.5) is 18.9 Å². The van der Waals surface area contributed by atoms with Gasteiger partial charge in [0, 0.05) is 29.9 Å². The summed E-state index contributed by atoms with van der Waals surface area (Å²) in [5.74, 6) is -1.92. The highest BCUT2D eigenvalue weighted by Gasteiger charge is 2.32. The van der Waals surface area contributed by atoms with Gasteiger partial charge in [0.15, 0.2) is 0 Å². The standard InChI is InChI=1S/C26H30F3N5O5S/c1-2-13-31-20-12-9-17(26(27,28)29)14-19(20)25(37)32-15-23(35)33-21-5-3-4-6-22(21)34-24(36)16-7-10-18(11-8-16)40(30,38)39/h2,7-12,14,21-22,31H,1,3-6,13,15H2,(H,32,37)(H,33,35)(H,34,36)(H2,30,38,39). The highest BCUT2D eigenvalue weighted by molar-refractivity contribution is 7.89. The van der Waals surface area contributed by atoms with Gasteiger partial charge in [-0.3, -0.25) is 14.4 Å². The predicted molar refractivity (Wildman–Crippen MR) is 142 cm³/mol. The highest BCUT2D eigenvalue weighted by atomic mass is 32.2. The number of benzene rings is 2. The quantitative estimate of drug-likeness (QED) is 0.271. The Labute approximate surface area is 229 Å². The summed E-state index contributed by atoms with van der Waals surface area (Å²) in [5, 5.41) is 15.8. The Kier molecular flexibility index (Phi) is 9.93. The van der Waals surface area contributed by atoms with Gasteiger partial charge in [0.25, 0.3) is 11.8 Å². The first-order valence-electron chi connectivity index (χ1n) is 12.4. The number of carbonyl (C=O) groups excluding carboxylic acids is 3. The summed E-state index contributed by atoms with van der Waals surface area (Å²) in [6, 6.07) is 6.90. The van der Waals surface area contributed by atoms with Crippen LogP contribution in [0.3, 0.4) is 0 Å². The lowest BCUT2D eigenvalue weighted by molar-refractivity contribution is -0.137. The van der Waals surface area contributed by atoms with Crippen molar-refractivity contribution < 1.29 is 36.0 Å². The SMILES string of the molecule is C=CCNc1ccc(C(F)(F)F)cc1C(=O)NCC(=O)NC1CCCCC1NC(=O)c1ccc(S(N)(=O)=O)cc1. The minimum absolute atomic E-state index is 0.136. The average Bonchev–Trinajstić information content (AvgIpc) is 2.90. The van der Waals surface area contributed by atoms with Gasteiger partial charge in [0.1, 0.15) is 0 Å². The summed E-state index contributed by atoms with van der Waals surface area (Å²) in [5.41, 5.74) is -0.928. The number of primary sulfonamides is 1. The Morgan fingerprint density at radius 3 is 2.17 bits per heavy atom. The van der Waals surface area contributed by atoms with Crippen molar-refractivity contribution in [3.8, 4) is 0 Å². The number of amides is 3. The second-order valence-electron chi connectivity index (χ2n) is 9.22. The third-order valence-corrected chi connectivity index (χ3v) is 7.24. The molecule has 0 aromatic heterocycles. The van der Waals surface area contributed by atoms with Crippen LogP contribution in [0.1, 0.15) is 52.0 Å². The molecule has 10 nitrogen and oxygen atoms in total. The molecule has 1 aliphatic carbocycles. The summed E-state index contributed by atoms with van der Waals surface area (Å²) in [6.45, 7) is 3.23. The molecule has 3 amide bonds. The van der Waals surface area contributed by atoms with Crippen LogP contribution in [0.25, 0.3) is 0 Å². The van der Waals surface area contributed by atoms with Gasteiger partial charge < -0.3 is 21.3 Å². The van der Waals surface area contributed by atoms with E-state index in [1.807, 2.05) is 0 Å². The number of halogens is 3. The number of nitrogens with one attached hydrogen (secondary N) is 4. The molecule has 1 saturated carbocycles. The molecular weight excluding hydrogens is 551 g/mol. The summed E-state index contributed by atoms with van der Waals surface area (Å²) >= 11 is 0. The van der Waals surface area contributed by atoms with Crippen molar-refractivity contribution in [2.45, 2.75) is 48.8 Å². The zero-order valence-corrected chi connectivity index (χ0v) is 22.2. The van der Waals surface area contributed by atoms with E-state index in [1.165, 1.54) is 30.3 Å². The molecule has 0 aliphatic heterocycles. The number of hydrogen-bond acceptors (Lipinski definition) is 6. The number of hydrogen-bond donors (Lipinski definition) is 5. The Balaban J connectivity index is 1.62. The Morgan fingerprint density at radius 1 is 0.975 bits per heavy atom. The Bertz CT molecular complexity index is 1360. The Morgan fingerprint density at radius 2 is 1.60 bits per heavy atom. The second-order valence-corrected chi connectivity index (χ2v) is 10.8. The number of anilines is 1. The van der Waals surface area contributed by atoms with Crippen molar-refractivity contribution in [1.29, 1.82) is 0 Å². The molecule has 40 heavy (non-hydrogen) atoms. The monoisotopic (exact) mass is 581 g/mol. The first-order chi connectivity index (χ1) is 18.8. The van der Waals surface area contributed by atoms with Gasteiger partial charge in [0.05, 0.1) is 22.6 Å². The Hall–Kier alpha value is -3.91. The zero-order chi connectivity index (χ0) is 29.5. The van der Waals surface area contributed by atoms with Crippen LogP contribution in [0, 0.1) is 0 Å². The molecule has 2 unspecified atom stereocenters. The molecular formula is C26H30F3N5O5S. The maximum Gasteiger partial charge on any atom is 0.416 e. The van der Waals surface area contributed by atoms with Gasteiger partial charge in [-0.25, -0.2) is 13.6 Å². The predicted octanol–water partition coefficient (Wildman–Crippen LogP) is 2.54. The van der Waals surface area contributed by atoms with Crippen LogP contribution in [-0.2, 0) is 21.0 Å². The molecule has 0 radical (unpaired) electrons. The van der Waals surface area contributed by atoms with Crippen LogP contribution in [0.15, 0.2) is 60.0 Å². The highest BCUT2D eigenvalue weighted by Crippen LogP contribution is 2.32. The van der Waals surface area contributed by atoms with E-state index in [4.69, 9.17) is 5.14 Å². The summed E-state index contributed by atoms with van der Waals surface area (Å²) in [6.07, 6.45) is -0.470. The normalized spacial score (nSPS) is 17.4. The van der Waals surface area contributed by atoms with Crippen molar-refractivity contribution in [3.63, 3.8) is 0 Å². The minimum atomic E-state index is -4.66. The molecule has 0 bridgehead atoms. The molecule has 0 saturated heterocycles. The van der Waals surface area contributed by atoms with E-state index >= 15 is 0 Å². The molecule has 1 aliphatic rings. The fourth-order valence-electron chi connectivity index (χ4n) is 4.28. The third-order valence-electron chi connectivity index (χ3n) is 6.31. The number of nitrogens with two attached hydrogens (primary N) is 1. The zero-order valence-electron chi connectivity index (χ0n) is 21.4. The van der Waals surface area contributed by atoms with E-state index in [2.05, 4.69) is 27.8 Å². The lowest BCUT2D eigenvalue weighted by Gasteiger charge is -2.33. The van der Waals surface area contributed by atoms with Gasteiger partial charge in [-0.1, -0.05) is 18.9 Å². The van der Waals surface area contributed by atoms with E-state index in [0.29, 0.717) is 18.9 Å². The molecule has 3 rings (SSSR count). The van der Waals surface area contributed by atoms with Crippen LogP contribution < -0.4 is 26.4 Å². The molecule has 2 aromatic rings. The van der Waals surface area contributed by atoms with Crippen LogP contribution in [0.2, 0.25) is 0 Å². The maximum absolute atomic E-state index is 13.2. The first kappa shape index (κ1) is 30.6. The van der Waals surface area contributed by atoms with E-state index in [-0.39, 0.29) is 28.3 Å². The number of sulfonamides is 1. The smallest absolute Gasteiger partial charge is 0.381 e. The van der Waals surface area contributed by atoms with Gasteiger partial charge in [-0.15, -0.1) is 6.58 Å². The van der Waals surface area contributed by atoms with Gasteiger partial charge in [-0.05, 0) is 55.3 Å². The van der Waals surface area contributed by atoms with Gasteiger partial charge in [0.2, 0.25) is 15.9 Å². The van der Waals surface area contributed by atoms with Crippen molar-refractivity contribution in [1.82, 2.24) is 16.0 Å². The molecule has 14 heteroatoms. The molecule has 6 N–H and O–H groups in total. The molecule has 2 atom stereocenters. The van der Waals surface area contributed by atoms with E-state index in [0.717, 1.165) is 25.0 Å². The van der Waals surface area contributed by atoms with Crippen molar-refractivity contribution in [2.75, 3.05) is 18.4 Å². The summed E-state index contributed by atoms with van der Waals surface area (Å²) in [4.78, 5) is 38.0. The maximum atomic E-state index is 13.2. The molecule has 1 fully saturated rings. The minimum Gasteiger partial charge on any atom is -0.381 e. The largest absolute Gasteiger partial charge is 0.416 e. The van der Waals surface area contributed by atoms with Crippen LogP contribution in [0.5, 0.6) is 0 Å². The molecule has 2 aromatic carbocycles. The first-order valence-corrected chi connectivity index (χ1v) is 13.9. The van der Waals surface area contributed by atoms with Crippen molar-refractivity contribution in [3.05, 3.63) is 71.8 Å². The van der Waals surface area contributed by atoms with E-state index in [9.17, 15) is 36.0 Å². The molecule has 216 valence electrons. The summed E-state index contributed by atoms with van der Waals surface area (Å²) < 4.78 is 62.4. The average molecular weight is 582 g/mol. The van der Waals surface area contributed by atoms with Gasteiger partial charge in [-0.2, -0.15) is 13.2 Å². The van der Waals surface area contributed by atoms with Crippen molar-refractivity contribution >= 4 is 33.4 Å². The lowest BCUT2D eigenvalue weighted by Crippen LogP contribution is -2.54. The molecule has 0 heterocycles. The number of carbonyl (C=O) groups is 3. The molecule has 0 spiro atoms. The summed E-state index contributed by atoms with van der Waals surface area (Å²) in [7, 11) is -3.91. The number of rotatable bonds is 10. The number of alkyl halides is 3. The topological polar surface area (TPSA) is 159 Å². The van der Waals surface area contributed by atoms with Gasteiger partial charge >= 0.3 is 6.18 Å². The third kappa shape index (κ3) is 8.29. The van der Waals surface area contributed by atoms with E-state index < -0.39 is 58.1 Å².